The molecule has 2 heterocycles. The third-order valence-corrected chi connectivity index (χ3v) is 6.51. The molecule has 8 heteroatoms. The lowest BCUT2D eigenvalue weighted by molar-refractivity contribution is -0.140. The van der Waals surface area contributed by atoms with Gasteiger partial charge >= 0.3 is 0 Å². The second-order valence-corrected chi connectivity index (χ2v) is 8.14. The zero-order chi connectivity index (χ0) is 15.1. The summed E-state index contributed by atoms with van der Waals surface area (Å²) < 4.78 is 30.7. The lowest BCUT2D eigenvalue weighted by atomic mass is 10.1. The van der Waals surface area contributed by atoms with Gasteiger partial charge in [0, 0.05) is 25.6 Å². The van der Waals surface area contributed by atoms with Crippen molar-refractivity contribution in [1.29, 1.82) is 0 Å². The number of carbonyl (C=O) groups excluding carboxylic acids is 1. The molecule has 1 amide bonds. The summed E-state index contributed by atoms with van der Waals surface area (Å²) in [4.78, 5) is 13.1. The molecule has 6 nitrogen and oxygen atoms in total. The molecule has 112 valence electrons. The monoisotopic (exact) mass is 318 g/mol. The second-order valence-electron chi connectivity index (χ2n) is 5.18. The second kappa shape index (κ2) is 5.10. The molecule has 1 aliphatic rings. The molecule has 2 rings (SSSR count). The number of rotatable bonds is 3. The smallest absolute Gasteiger partial charge is 0.252 e. The number of methoxy groups -OCH3 is 1. The van der Waals surface area contributed by atoms with Crippen LogP contribution in [-0.2, 0) is 19.6 Å². The summed E-state index contributed by atoms with van der Waals surface area (Å²) in [5.74, 6) is -0.267. The normalized spacial score (nSPS) is 22.3. The molecule has 1 aromatic rings. The first kappa shape index (κ1) is 15.4. The summed E-state index contributed by atoms with van der Waals surface area (Å²) in [5.41, 5.74) is -0.952. The first-order valence-electron chi connectivity index (χ1n) is 6.10. The number of sulfonamides is 1. The Morgan fingerprint density at radius 2 is 2.20 bits per heavy atom. The van der Waals surface area contributed by atoms with Crippen LogP contribution < -0.4 is 5.32 Å². The number of thiophene rings is 1. The van der Waals surface area contributed by atoms with E-state index in [1.54, 1.807) is 25.3 Å². The van der Waals surface area contributed by atoms with E-state index in [1.807, 2.05) is 0 Å². The van der Waals surface area contributed by atoms with Gasteiger partial charge in [0.2, 0.25) is 10.0 Å². The van der Waals surface area contributed by atoms with E-state index in [1.165, 1.54) is 29.8 Å². The Labute approximate surface area is 122 Å². The molecule has 20 heavy (non-hydrogen) atoms. The maximum Gasteiger partial charge on any atom is 0.252 e. The molecule has 0 spiro atoms. The third-order valence-electron chi connectivity index (χ3n) is 3.46. The summed E-state index contributed by atoms with van der Waals surface area (Å²) in [7, 11) is -0.450. The van der Waals surface area contributed by atoms with Gasteiger partial charge in [0.25, 0.3) is 5.91 Å². The average molecular weight is 318 g/mol. The standard InChI is InChI=1S/C12H18N2O4S2/c1-12(2,18-4)11(15)13-8-7-14(3)20(16,17)9-5-6-19-10(8)9/h5-6,8H,7H2,1-4H3,(H,13,15). The van der Waals surface area contributed by atoms with Crippen molar-refractivity contribution in [3.63, 3.8) is 0 Å². The molecule has 1 N–H and O–H groups in total. The van der Waals surface area contributed by atoms with Crippen molar-refractivity contribution in [2.24, 2.45) is 0 Å². The van der Waals surface area contributed by atoms with Gasteiger partial charge < -0.3 is 10.1 Å². The van der Waals surface area contributed by atoms with Crippen molar-refractivity contribution < 1.29 is 17.9 Å². The highest BCUT2D eigenvalue weighted by Gasteiger charge is 2.38. The maximum absolute atomic E-state index is 12.2. The van der Waals surface area contributed by atoms with Gasteiger partial charge in [-0.1, -0.05) is 0 Å². The van der Waals surface area contributed by atoms with Crippen LogP contribution in [0.3, 0.4) is 0 Å². The highest BCUT2D eigenvalue weighted by Crippen LogP contribution is 2.35. The van der Waals surface area contributed by atoms with Crippen molar-refractivity contribution in [2.75, 3.05) is 20.7 Å². The van der Waals surface area contributed by atoms with Crippen LogP contribution in [0.2, 0.25) is 0 Å². The summed E-state index contributed by atoms with van der Waals surface area (Å²) in [6, 6.07) is 1.23. The Bertz CT molecular complexity index is 621. The fraction of sp³-hybridized carbons (Fsp3) is 0.583. The maximum atomic E-state index is 12.2. The number of amides is 1. The number of hydrogen-bond donors (Lipinski definition) is 1. The highest BCUT2D eigenvalue weighted by molar-refractivity contribution is 7.89. The van der Waals surface area contributed by atoms with Crippen LogP contribution in [0.15, 0.2) is 16.3 Å². The van der Waals surface area contributed by atoms with Gasteiger partial charge in [-0.2, -0.15) is 4.31 Å². The van der Waals surface area contributed by atoms with Crippen LogP contribution in [0.4, 0.5) is 0 Å². The van der Waals surface area contributed by atoms with Crippen molar-refractivity contribution in [3.05, 3.63) is 16.3 Å². The van der Waals surface area contributed by atoms with Gasteiger partial charge in [0.1, 0.15) is 5.60 Å². The van der Waals surface area contributed by atoms with Gasteiger partial charge in [-0.15, -0.1) is 11.3 Å². The average Bonchev–Trinajstić information content (AvgIpc) is 2.86. The summed E-state index contributed by atoms with van der Waals surface area (Å²) in [6.07, 6.45) is 0. The Hall–Kier alpha value is -0.960. The molecule has 1 aromatic heterocycles. The van der Waals surface area contributed by atoms with Crippen LogP contribution in [0.5, 0.6) is 0 Å². The molecule has 0 fully saturated rings. The molecular weight excluding hydrogens is 300 g/mol. The number of carbonyl (C=O) groups is 1. The van der Waals surface area contributed by atoms with Gasteiger partial charge in [0.15, 0.2) is 0 Å². The zero-order valence-corrected chi connectivity index (χ0v) is 13.5. The molecule has 1 atom stereocenters. The quantitative estimate of drug-likeness (QED) is 0.901. The fourth-order valence-electron chi connectivity index (χ4n) is 1.92. The first-order chi connectivity index (χ1) is 9.20. The predicted molar refractivity (Wildman–Crippen MR) is 76.1 cm³/mol. The minimum absolute atomic E-state index is 0.224. The number of ether oxygens (including phenoxy) is 1. The van der Waals surface area contributed by atoms with Crippen molar-refractivity contribution >= 4 is 27.3 Å². The molecule has 1 aliphatic heterocycles. The molecule has 0 aromatic carbocycles. The third kappa shape index (κ3) is 2.48. The summed E-state index contributed by atoms with van der Waals surface area (Å²) in [6.45, 7) is 3.56. The minimum atomic E-state index is -3.43. The molecule has 0 radical (unpaired) electrons. The van der Waals surface area contributed by atoms with E-state index in [9.17, 15) is 13.2 Å². The molecule has 0 saturated heterocycles. The van der Waals surface area contributed by atoms with E-state index in [0.717, 1.165) is 0 Å². The largest absolute Gasteiger partial charge is 0.369 e. The zero-order valence-electron chi connectivity index (χ0n) is 11.8. The lowest BCUT2D eigenvalue weighted by Crippen LogP contribution is -2.49. The number of hydrogen-bond acceptors (Lipinski definition) is 5. The Balaban J connectivity index is 2.31. The van der Waals surface area contributed by atoms with Crippen LogP contribution in [-0.4, -0.2) is 44.9 Å². The van der Waals surface area contributed by atoms with Gasteiger partial charge in [-0.05, 0) is 25.3 Å². The van der Waals surface area contributed by atoms with E-state index in [-0.39, 0.29) is 23.4 Å². The first-order valence-corrected chi connectivity index (χ1v) is 8.42. The van der Waals surface area contributed by atoms with Crippen LogP contribution >= 0.6 is 11.3 Å². The predicted octanol–water partition coefficient (Wildman–Crippen LogP) is 0.965. The van der Waals surface area contributed by atoms with Crippen molar-refractivity contribution in [2.45, 2.75) is 30.4 Å². The number of nitrogens with zero attached hydrogens (tertiary/aromatic N) is 1. The number of nitrogens with one attached hydrogen (secondary N) is 1. The fourth-order valence-corrected chi connectivity index (χ4v) is 4.61. The van der Waals surface area contributed by atoms with E-state index in [0.29, 0.717) is 4.88 Å². The minimum Gasteiger partial charge on any atom is -0.369 e. The number of fused-ring (bicyclic) bond motifs is 1. The molecule has 0 aliphatic carbocycles. The van der Waals surface area contributed by atoms with E-state index < -0.39 is 15.6 Å². The Morgan fingerprint density at radius 1 is 1.55 bits per heavy atom. The lowest BCUT2D eigenvalue weighted by Gasteiger charge is -2.32. The summed E-state index contributed by atoms with van der Waals surface area (Å²) >= 11 is 1.34. The van der Waals surface area contributed by atoms with E-state index in [4.69, 9.17) is 4.74 Å². The molecular formula is C12H18N2O4S2. The topological polar surface area (TPSA) is 75.7 Å². The van der Waals surface area contributed by atoms with Gasteiger partial charge in [-0.25, -0.2) is 8.42 Å². The van der Waals surface area contributed by atoms with Gasteiger partial charge in [-0.3, -0.25) is 4.79 Å². The molecule has 0 saturated carbocycles. The molecule has 0 bridgehead atoms. The molecule has 1 unspecified atom stereocenters. The van der Waals surface area contributed by atoms with Gasteiger partial charge in [0.05, 0.1) is 10.9 Å². The van der Waals surface area contributed by atoms with Crippen LogP contribution in [0.25, 0.3) is 0 Å². The van der Waals surface area contributed by atoms with Crippen LogP contribution in [0.1, 0.15) is 24.8 Å². The Kier molecular flexibility index (Phi) is 3.94. The van der Waals surface area contributed by atoms with E-state index in [2.05, 4.69) is 5.32 Å². The van der Waals surface area contributed by atoms with E-state index >= 15 is 0 Å². The highest BCUT2D eigenvalue weighted by atomic mass is 32.2. The SMILES string of the molecule is COC(C)(C)C(=O)NC1CN(C)S(=O)(=O)c2ccsc21. The summed E-state index contributed by atoms with van der Waals surface area (Å²) in [5, 5.41) is 4.59. The Morgan fingerprint density at radius 3 is 2.80 bits per heavy atom. The van der Waals surface area contributed by atoms with Crippen molar-refractivity contribution in [3.8, 4) is 0 Å². The van der Waals surface area contributed by atoms with Crippen molar-refractivity contribution in [1.82, 2.24) is 9.62 Å². The number of likely N-dealkylation sites (N-methyl/N-ethyl adjacent to an activating group) is 1. The van der Waals surface area contributed by atoms with Crippen LogP contribution in [0, 0.1) is 0 Å².